The number of hydrazone groups is 1. The number of carbonyl (C=O) groups excluding carboxylic acids is 1. The molecule has 1 amide bonds. The number of hydrogen-bond donors (Lipinski definition) is 1. The monoisotopic (exact) mass is 418 g/mol. The van der Waals surface area contributed by atoms with Gasteiger partial charge < -0.3 is 9.47 Å². The summed E-state index contributed by atoms with van der Waals surface area (Å²) < 4.78 is 24.2. The first-order chi connectivity index (χ1) is 12.5. The molecule has 0 fully saturated rings. The fourth-order valence-corrected chi connectivity index (χ4v) is 2.65. The van der Waals surface area contributed by atoms with Crippen molar-refractivity contribution in [3.8, 4) is 23.8 Å². The molecule has 0 radical (unpaired) electrons. The highest BCUT2D eigenvalue weighted by molar-refractivity contribution is 9.10. The molecule has 0 saturated heterocycles. The van der Waals surface area contributed by atoms with Gasteiger partial charge in [-0.2, -0.15) is 5.10 Å². The Bertz CT molecular complexity index is 845. The number of carbonyl (C=O) groups is 1. The van der Waals surface area contributed by atoms with E-state index in [4.69, 9.17) is 15.9 Å². The van der Waals surface area contributed by atoms with Gasteiger partial charge in [-0.05, 0) is 51.3 Å². The summed E-state index contributed by atoms with van der Waals surface area (Å²) >= 11 is 3.39. The SMILES string of the molecule is C#CCOc1c(Br)cc(/C=N/NC(=O)Cc2ccc(F)cc2)cc1OC. The molecule has 0 saturated carbocycles. The van der Waals surface area contributed by atoms with Gasteiger partial charge in [-0.15, -0.1) is 6.42 Å². The van der Waals surface area contributed by atoms with Gasteiger partial charge in [-0.3, -0.25) is 4.79 Å². The molecule has 2 aromatic carbocycles. The van der Waals surface area contributed by atoms with Gasteiger partial charge in [0.25, 0.3) is 0 Å². The average Bonchev–Trinajstić information content (AvgIpc) is 2.62. The molecular formula is C19H16BrFN2O3. The molecule has 5 nitrogen and oxygen atoms in total. The number of benzene rings is 2. The standard InChI is InChI=1S/C19H16BrFN2O3/c1-3-8-26-19-16(20)9-14(10-17(19)25-2)12-22-23-18(24)11-13-4-6-15(21)7-5-13/h1,4-7,9-10,12H,8,11H2,2H3,(H,23,24)/b22-12+. The maximum absolute atomic E-state index is 12.8. The molecule has 0 spiro atoms. The van der Waals surface area contributed by atoms with Crippen LogP contribution in [0, 0.1) is 18.2 Å². The van der Waals surface area contributed by atoms with Crippen LogP contribution in [0.15, 0.2) is 46.0 Å². The third-order valence-electron chi connectivity index (χ3n) is 3.23. The van der Waals surface area contributed by atoms with Gasteiger partial charge in [0, 0.05) is 0 Å². The van der Waals surface area contributed by atoms with Crippen LogP contribution in [0.2, 0.25) is 0 Å². The number of amides is 1. The molecule has 0 aliphatic heterocycles. The van der Waals surface area contributed by atoms with Crippen molar-refractivity contribution in [1.82, 2.24) is 5.43 Å². The summed E-state index contributed by atoms with van der Waals surface area (Å²) in [6.45, 7) is 0.113. The zero-order chi connectivity index (χ0) is 18.9. The number of ether oxygens (including phenoxy) is 2. The summed E-state index contributed by atoms with van der Waals surface area (Å²) in [6.07, 6.45) is 6.77. The zero-order valence-corrected chi connectivity index (χ0v) is 15.5. The van der Waals surface area contributed by atoms with Gasteiger partial charge in [0.2, 0.25) is 5.91 Å². The number of terminal acetylenes is 1. The summed E-state index contributed by atoms with van der Waals surface area (Å²) in [5.74, 6) is 2.70. The number of nitrogens with zero attached hydrogens (tertiary/aromatic N) is 1. The minimum atomic E-state index is -0.346. The third-order valence-corrected chi connectivity index (χ3v) is 3.82. The molecule has 2 aromatic rings. The lowest BCUT2D eigenvalue weighted by atomic mass is 10.1. The predicted molar refractivity (Wildman–Crippen MR) is 101 cm³/mol. The number of rotatable bonds is 7. The highest BCUT2D eigenvalue weighted by Crippen LogP contribution is 2.36. The van der Waals surface area contributed by atoms with Crippen LogP contribution >= 0.6 is 15.9 Å². The van der Waals surface area contributed by atoms with Crippen molar-refractivity contribution in [2.24, 2.45) is 5.10 Å². The lowest BCUT2D eigenvalue weighted by Crippen LogP contribution is -2.19. The smallest absolute Gasteiger partial charge is 0.244 e. The fourth-order valence-electron chi connectivity index (χ4n) is 2.07. The van der Waals surface area contributed by atoms with Crippen molar-refractivity contribution in [2.45, 2.75) is 6.42 Å². The quantitative estimate of drug-likeness (QED) is 0.426. The first-order valence-electron chi connectivity index (χ1n) is 7.53. The minimum Gasteiger partial charge on any atom is -0.493 e. The molecule has 0 bridgehead atoms. The van der Waals surface area contributed by atoms with Crippen LogP contribution in [-0.4, -0.2) is 25.8 Å². The van der Waals surface area contributed by atoms with Gasteiger partial charge in [-0.25, -0.2) is 9.82 Å². The second-order valence-electron chi connectivity index (χ2n) is 5.12. The normalized spacial score (nSPS) is 10.4. The molecular weight excluding hydrogens is 403 g/mol. The lowest BCUT2D eigenvalue weighted by Gasteiger charge is -2.11. The van der Waals surface area contributed by atoms with Gasteiger partial charge in [0.15, 0.2) is 11.5 Å². The van der Waals surface area contributed by atoms with Crippen molar-refractivity contribution in [3.63, 3.8) is 0 Å². The summed E-state index contributed by atoms with van der Waals surface area (Å²) in [7, 11) is 1.51. The van der Waals surface area contributed by atoms with E-state index >= 15 is 0 Å². The van der Waals surface area contributed by atoms with Crippen LogP contribution in [-0.2, 0) is 11.2 Å². The third kappa shape index (κ3) is 5.60. The molecule has 0 aliphatic carbocycles. The highest BCUT2D eigenvalue weighted by Gasteiger charge is 2.11. The largest absolute Gasteiger partial charge is 0.493 e. The molecule has 0 aliphatic rings. The molecule has 7 heteroatoms. The molecule has 0 atom stereocenters. The number of hydrogen-bond acceptors (Lipinski definition) is 4. The topological polar surface area (TPSA) is 59.9 Å². The second-order valence-corrected chi connectivity index (χ2v) is 5.98. The minimum absolute atomic E-state index is 0.101. The van der Waals surface area contributed by atoms with Crippen LogP contribution in [0.4, 0.5) is 4.39 Å². The van der Waals surface area contributed by atoms with E-state index in [9.17, 15) is 9.18 Å². The lowest BCUT2D eigenvalue weighted by molar-refractivity contribution is -0.120. The van der Waals surface area contributed by atoms with Crippen molar-refractivity contribution in [1.29, 1.82) is 0 Å². The number of halogens is 2. The van der Waals surface area contributed by atoms with E-state index in [1.165, 1.54) is 25.5 Å². The van der Waals surface area contributed by atoms with E-state index in [1.54, 1.807) is 24.3 Å². The van der Waals surface area contributed by atoms with E-state index in [2.05, 4.69) is 32.4 Å². The van der Waals surface area contributed by atoms with Crippen molar-refractivity contribution in [3.05, 3.63) is 57.8 Å². The van der Waals surface area contributed by atoms with Gasteiger partial charge in [0.1, 0.15) is 12.4 Å². The summed E-state index contributed by atoms with van der Waals surface area (Å²) in [5.41, 5.74) is 3.80. The Hall–Kier alpha value is -2.85. The van der Waals surface area contributed by atoms with Crippen LogP contribution < -0.4 is 14.9 Å². The van der Waals surface area contributed by atoms with Gasteiger partial charge >= 0.3 is 0 Å². The van der Waals surface area contributed by atoms with Gasteiger partial charge in [-0.1, -0.05) is 18.1 Å². The fraction of sp³-hybridized carbons (Fsp3) is 0.158. The van der Waals surface area contributed by atoms with Crippen LogP contribution in [0.3, 0.4) is 0 Å². The predicted octanol–water partition coefficient (Wildman–Crippen LogP) is 3.30. The molecule has 0 aromatic heterocycles. The Morgan fingerprint density at radius 1 is 1.38 bits per heavy atom. The number of nitrogens with one attached hydrogen (secondary N) is 1. The number of methoxy groups -OCH3 is 1. The maximum atomic E-state index is 12.8. The molecule has 0 unspecified atom stereocenters. The Balaban J connectivity index is 2.01. The maximum Gasteiger partial charge on any atom is 0.244 e. The molecule has 1 N–H and O–H groups in total. The molecule has 2 rings (SSSR count). The van der Waals surface area contributed by atoms with Crippen LogP contribution in [0.1, 0.15) is 11.1 Å². The van der Waals surface area contributed by atoms with Crippen molar-refractivity contribution >= 4 is 28.1 Å². The van der Waals surface area contributed by atoms with Crippen molar-refractivity contribution in [2.75, 3.05) is 13.7 Å². The Kier molecular flexibility index (Phi) is 7.18. The summed E-state index contributed by atoms with van der Waals surface area (Å²) in [6, 6.07) is 9.17. The van der Waals surface area contributed by atoms with Gasteiger partial charge in [0.05, 0.1) is 24.2 Å². The second kappa shape index (κ2) is 9.59. The Morgan fingerprint density at radius 3 is 2.77 bits per heavy atom. The van der Waals surface area contributed by atoms with Crippen LogP contribution in [0.5, 0.6) is 11.5 Å². The zero-order valence-electron chi connectivity index (χ0n) is 14.0. The van der Waals surface area contributed by atoms with Crippen LogP contribution in [0.25, 0.3) is 0 Å². The van der Waals surface area contributed by atoms with E-state index in [0.717, 1.165) is 0 Å². The first kappa shape index (κ1) is 19.5. The summed E-state index contributed by atoms with van der Waals surface area (Å²) in [4.78, 5) is 11.9. The average molecular weight is 419 g/mol. The van der Waals surface area contributed by atoms with E-state index in [0.29, 0.717) is 27.1 Å². The molecule has 26 heavy (non-hydrogen) atoms. The highest BCUT2D eigenvalue weighted by atomic mass is 79.9. The van der Waals surface area contributed by atoms with E-state index < -0.39 is 0 Å². The Labute approximate surface area is 159 Å². The summed E-state index contributed by atoms with van der Waals surface area (Å²) in [5, 5.41) is 3.92. The Morgan fingerprint density at radius 2 is 2.12 bits per heavy atom. The van der Waals surface area contributed by atoms with Crippen molar-refractivity contribution < 1.29 is 18.7 Å². The van der Waals surface area contributed by atoms with E-state index in [-0.39, 0.29) is 24.8 Å². The van der Waals surface area contributed by atoms with E-state index in [1.807, 2.05) is 0 Å². The first-order valence-corrected chi connectivity index (χ1v) is 8.33. The molecule has 0 heterocycles. The molecule has 134 valence electrons.